The molecule has 4 nitrogen and oxygen atoms in total. The van der Waals surface area contributed by atoms with Gasteiger partial charge in [0.2, 0.25) is 0 Å². The van der Waals surface area contributed by atoms with Gasteiger partial charge in [0.15, 0.2) is 0 Å². The second kappa shape index (κ2) is 14.7. The Hall–Kier alpha value is -1.39. The summed E-state index contributed by atoms with van der Waals surface area (Å²) in [6, 6.07) is 0. The molecule has 0 aromatic rings. The molecule has 1 saturated heterocycles. The fourth-order valence-electron chi connectivity index (χ4n) is 8.51. The van der Waals surface area contributed by atoms with Crippen molar-refractivity contribution in [2.45, 2.75) is 117 Å². The highest BCUT2D eigenvalue weighted by atomic mass is 16.5. The number of rotatable bonds is 10. The predicted molar refractivity (Wildman–Crippen MR) is 168 cm³/mol. The number of piperazine rings is 1. The van der Waals surface area contributed by atoms with Crippen molar-refractivity contribution < 1.29 is 9.53 Å². The summed E-state index contributed by atoms with van der Waals surface area (Å²) in [4.78, 5) is 17.4. The molecule has 1 aliphatic heterocycles. The van der Waals surface area contributed by atoms with Gasteiger partial charge in [-0.2, -0.15) is 0 Å². The van der Waals surface area contributed by atoms with E-state index in [0.29, 0.717) is 11.8 Å². The highest BCUT2D eigenvalue weighted by molar-refractivity contribution is 5.69. The fraction of sp³-hybridized carbons (Fsp3) is 0.806. The van der Waals surface area contributed by atoms with Crippen molar-refractivity contribution in [1.82, 2.24) is 9.80 Å². The molecule has 0 aromatic carbocycles. The first-order chi connectivity index (χ1) is 19.2. The monoisotopic (exact) mass is 552 g/mol. The van der Waals surface area contributed by atoms with E-state index < -0.39 is 0 Å². The summed E-state index contributed by atoms with van der Waals surface area (Å²) in [5.74, 6) is 3.19. The van der Waals surface area contributed by atoms with Crippen LogP contribution in [0.25, 0.3) is 0 Å². The molecule has 4 heteroatoms. The number of carbonyl (C=O) groups is 1. The average Bonchev–Trinajstić information content (AvgIpc) is 2.92. The van der Waals surface area contributed by atoms with Crippen LogP contribution in [0.15, 0.2) is 35.5 Å². The van der Waals surface area contributed by atoms with Gasteiger partial charge in [0.1, 0.15) is 6.10 Å². The lowest BCUT2D eigenvalue weighted by atomic mass is 9.51. The molecule has 5 atom stereocenters. The van der Waals surface area contributed by atoms with Gasteiger partial charge in [-0.25, -0.2) is 0 Å². The maximum atomic E-state index is 12.7. The van der Waals surface area contributed by atoms with E-state index in [1.165, 1.54) is 68.9 Å². The minimum atomic E-state index is -0.0343. The van der Waals surface area contributed by atoms with E-state index in [9.17, 15) is 4.79 Å². The van der Waals surface area contributed by atoms with Gasteiger partial charge in [-0.15, -0.1) is 0 Å². The van der Waals surface area contributed by atoms with E-state index in [1.807, 2.05) is 0 Å². The van der Waals surface area contributed by atoms with Crippen LogP contribution in [0.3, 0.4) is 0 Å². The number of hydrogen-bond donors (Lipinski definition) is 0. The lowest BCUT2D eigenvalue weighted by Gasteiger charge is -2.53. The minimum absolute atomic E-state index is 0.00231. The molecule has 226 valence electrons. The molecule has 3 saturated carbocycles. The summed E-state index contributed by atoms with van der Waals surface area (Å²) in [5.41, 5.74) is 4.67. The average molecular weight is 553 g/mol. The fourth-order valence-corrected chi connectivity index (χ4v) is 8.51. The molecular formula is C36H60N2O2. The number of carbonyl (C=O) groups excluding carboxylic acids is 1. The molecule has 3 aliphatic carbocycles. The van der Waals surface area contributed by atoms with Gasteiger partial charge in [-0.1, -0.05) is 83.3 Å². The van der Waals surface area contributed by atoms with E-state index in [1.54, 1.807) is 5.57 Å². The number of fused-ring (bicyclic) bond motifs is 1. The zero-order valence-corrected chi connectivity index (χ0v) is 26.7. The maximum Gasteiger partial charge on any atom is 0.307 e. The topological polar surface area (TPSA) is 32.8 Å². The Morgan fingerprint density at radius 2 is 1.82 bits per heavy atom. The van der Waals surface area contributed by atoms with Crippen LogP contribution in [0.2, 0.25) is 0 Å². The molecule has 0 spiro atoms. The molecule has 0 amide bonds. The van der Waals surface area contributed by atoms with Crippen LogP contribution in [0, 0.1) is 29.1 Å². The number of nitrogens with zero attached hydrogens (tertiary/aromatic N) is 2. The predicted octanol–water partition coefficient (Wildman–Crippen LogP) is 8.20. The number of allylic oxidation sites excluding steroid dienone is 4. The van der Waals surface area contributed by atoms with Crippen LogP contribution in [-0.2, 0) is 9.53 Å². The Labute approximate surface area is 246 Å². The largest absolute Gasteiger partial charge is 0.462 e. The molecule has 4 fully saturated rings. The van der Waals surface area contributed by atoms with Crippen LogP contribution >= 0.6 is 0 Å². The van der Waals surface area contributed by atoms with Gasteiger partial charge in [0.25, 0.3) is 0 Å². The van der Waals surface area contributed by atoms with Gasteiger partial charge < -0.3 is 14.5 Å². The van der Waals surface area contributed by atoms with Crippen LogP contribution in [0.5, 0.6) is 0 Å². The molecule has 4 rings (SSSR count). The minimum Gasteiger partial charge on any atom is -0.462 e. The Morgan fingerprint density at radius 1 is 1.05 bits per heavy atom. The normalized spacial score (nSPS) is 33.4. The Bertz CT molecular complexity index is 912. The summed E-state index contributed by atoms with van der Waals surface area (Å²) < 4.78 is 5.98. The Morgan fingerprint density at radius 3 is 2.58 bits per heavy atom. The van der Waals surface area contributed by atoms with Gasteiger partial charge in [0.05, 0.1) is 6.42 Å². The second-order valence-corrected chi connectivity index (χ2v) is 14.5. The van der Waals surface area contributed by atoms with Crippen LogP contribution in [0.1, 0.15) is 111 Å². The highest BCUT2D eigenvalue weighted by Crippen LogP contribution is 2.57. The Balaban J connectivity index is 1.34. The van der Waals surface area contributed by atoms with Crippen LogP contribution in [-0.4, -0.2) is 61.6 Å². The molecule has 1 unspecified atom stereocenters. The molecule has 4 aliphatic rings. The number of esters is 1. The van der Waals surface area contributed by atoms with Crippen molar-refractivity contribution in [3.05, 3.63) is 35.5 Å². The van der Waals surface area contributed by atoms with E-state index >= 15 is 0 Å². The first kappa shape index (κ1) is 31.5. The lowest BCUT2D eigenvalue weighted by molar-refractivity contribution is -0.150. The summed E-state index contributed by atoms with van der Waals surface area (Å²) in [5, 5.41) is 0. The third-order valence-corrected chi connectivity index (χ3v) is 11.1. The standard InChI is InChI=1S/C36H60N2O2/c1-27(2)10-7-11-29(4)33-13-8-14-34-30(12-9-20-36(33,34)5)16-17-31-26-32(18-15-28(31)3)40-35(39)19-21-38-24-22-37(6)23-25-38/h16-17,27,29,32-34H,3,7-15,18-26H2,1-2,4-6H3/b30-16+,31-17+/t29-,32+,33-,34?,36-/m1/s1. The number of hydrogen-bond acceptors (Lipinski definition) is 4. The first-order valence-corrected chi connectivity index (χ1v) is 16.8. The highest BCUT2D eigenvalue weighted by Gasteiger charge is 2.48. The summed E-state index contributed by atoms with van der Waals surface area (Å²) in [6.07, 6.45) is 20.3. The summed E-state index contributed by atoms with van der Waals surface area (Å²) >= 11 is 0. The van der Waals surface area contributed by atoms with E-state index in [4.69, 9.17) is 4.74 Å². The Kier molecular flexibility index (Phi) is 11.6. The molecule has 0 radical (unpaired) electrons. The molecule has 0 N–H and O–H groups in total. The lowest BCUT2D eigenvalue weighted by Crippen LogP contribution is -2.45. The van der Waals surface area contributed by atoms with Gasteiger partial charge in [0, 0.05) is 39.1 Å². The van der Waals surface area contributed by atoms with E-state index in [2.05, 4.69) is 63.3 Å². The number of likely N-dealkylation sites (N-methyl/N-ethyl adjacent to an activating group) is 1. The van der Waals surface area contributed by atoms with Crippen molar-refractivity contribution in [2.24, 2.45) is 29.1 Å². The quantitative estimate of drug-likeness (QED) is 0.256. The maximum absolute atomic E-state index is 12.7. The van der Waals surface area contributed by atoms with Crippen molar-refractivity contribution in [3.63, 3.8) is 0 Å². The molecular weight excluding hydrogens is 492 g/mol. The third-order valence-electron chi connectivity index (χ3n) is 11.1. The smallest absolute Gasteiger partial charge is 0.307 e. The molecule has 0 aromatic heterocycles. The van der Waals surface area contributed by atoms with Crippen molar-refractivity contribution >= 4 is 5.97 Å². The molecule has 0 bridgehead atoms. The molecule has 40 heavy (non-hydrogen) atoms. The van der Waals surface area contributed by atoms with Gasteiger partial charge in [-0.05, 0) is 86.7 Å². The van der Waals surface area contributed by atoms with Crippen LogP contribution < -0.4 is 0 Å². The van der Waals surface area contributed by atoms with Crippen LogP contribution in [0.4, 0.5) is 0 Å². The van der Waals surface area contributed by atoms with E-state index in [0.717, 1.165) is 75.7 Å². The zero-order valence-electron chi connectivity index (χ0n) is 26.7. The summed E-state index contributed by atoms with van der Waals surface area (Å²) in [7, 11) is 2.17. The number of ether oxygens (including phenoxy) is 1. The SMILES string of the molecule is C=C1CC[C@H](OC(=O)CCN2CCN(C)CC2)C/C1=C\C=C1/CCC[C@@]2(C)C1CCC[C@@H]2[C@H](C)CCCC(C)C. The second-order valence-electron chi connectivity index (χ2n) is 14.5. The summed E-state index contributed by atoms with van der Waals surface area (Å²) in [6.45, 7) is 19.4. The molecule has 1 heterocycles. The zero-order chi connectivity index (χ0) is 28.7. The van der Waals surface area contributed by atoms with Crippen molar-refractivity contribution in [1.29, 1.82) is 0 Å². The van der Waals surface area contributed by atoms with Gasteiger partial charge >= 0.3 is 5.97 Å². The first-order valence-electron chi connectivity index (χ1n) is 16.8. The van der Waals surface area contributed by atoms with Crippen molar-refractivity contribution in [3.8, 4) is 0 Å². The van der Waals surface area contributed by atoms with Crippen molar-refractivity contribution in [2.75, 3.05) is 39.8 Å². The van der Waals surface area contributed by atoms with Gasteiger partial charge in [-0.3, -0.25) is 4.79 Å². The van der Waals surface area contributed by atoms with E-state index in [-0.39, 0.29) is 12.1 Å². The third kappa shape index (κ3) is 8.34.